The van der Waals surface area contributed by atoms with Crippen LogP contribution in [-0.4, -0.2) is 63.0 Å². The quantitative estimate of drug-likeness (QED) is 0.742. The molecule has 1 atom stereocenters. The summed E-state index contributed by atoms with van der Waals surface area (Å²) in [6.45, 7) is 6.87. The highest BCUT2D eigenvalue weighted by atomic mass is 16.5. The predicted octanol–water partition coefficient (Wildman–Crippen LogP) is 0.474. The number of rotatable bonds is 5. The predicted molar refractivity (Wildman–Crippen MR) is 63.7 cm³/mol. The van der Waals surface area contributed by atoms with Crippen LogP contribution < -0.4 is 5.32 Å². The molecule has 0 aromatic heterocycles. The van der Waals surface area contributed by atoms with Gasteiger partial charge in [-0.05, 0) is 26.8 Å². The summed E-state index contributed by atoms with van der Waals surface area (Å²) in [5, 5.41) is 3.57. The molecule has 2 aliphatic rings. The summed E-state index contributed by atoms with van der Waals surface area (Å²) in [5.74, 6) is 0. The average Bonchev–Trinajstić information content (AvgIpc) is 2.21. The van der Waals surface area contributed by atoms with Crippen LogP contribution in [0.5, 0.6) is 0 Å². The van der Waals surface area contributed by atoms with Gasteiger partial charge in [0.25, 0.3) is 0 Å². The third kappa shape index (κ3) is 3.42. The van der Waals surface area contributed by atoms with Crippen molar-refractivity contribution in [3.63, 3.8) is 0 Å². The molecular formula is C12H24N2O2. The van der Waals surface area contributed by atoms with Crippen LogP contribution in [0, 0.1) is 0 Å². The van der Waals surface area contributed by atoms with E-state index in [-0.39, 0.29) is 0 Å². The molecule has 1 saturated heterocycles. The molecular weight excluding hydrogens is 204 g/mol. The molecule has 1 unspecified atom stereocenters. The first kappa shape index (κ1) is 12.3. The molecule has 0 aromatic carbocycles. The third-order valence-electron chi connectivity index (χ3n) is 3.47. The second-order valence-corrected chi connectivity index (χ2v) is 4.91. The fourth-order valence-electron chi connectivity index (χ4n) is 2.39. The lowest BCUT2D eigenvalue weighted by atomic mass is 9.89. The van der Waals surface area contributed by atoms with Crippen LogP contribution in [-0.2, 0) is 9.47 Å². The van der Waals surface area contributed by atoms with Crippen molar-refractivity contribution in [3.05, 3.63) is 0 Å². The Morgan fingerprint density at radius 3 is 2.94 bits per heavy atom. The first-order valence-electron chi connectivity index (χ1n) is 6.43. The molecule has 4 heteroatoms. The van der Waals surface area contributed by atoms with E-state index in [1.165, 1.54) is 0 Å². The van der Waals surface area contributed by atoms with Gasteiger partial charge in [-0.1, -0.05) is 0 Å². The number of morpholine rings is 1. The molecule has 1 aliphatic carbocycles. The third-order valence-corrected chi connectivity index (χ3v) is 3.47. The van der Waals surface area contributed by atoms with Crippen molar-refractivity contribution in [2.75, 3.05) is 39.9 Å². The summed E-state index contributed by atoms with van der Waals surface area (Å²) >= 11 is 0. The van der Waals surface area contributed by atoms with Gasteiger partial charge in [0, 0.05) is 32.3 Å². The zero-order chi connectivity index (χ0) is 11.4. The van der Waals surface area contributed by atoms with Crippen LogP contribution in [0.4, 0.5) is 0 Å². The maximum absolute atomic E-state index is 5.71. The monoisotopic (exact) mass is 228 g/mol. The molecule has 1 saturated carbocycles. The Bertz CT molecular complexity index is 207. The Morgan fingerprint density at radius 2 is 2.25 bits per heavy atom. The minimum atomic E-state index is 0.366. The van der Waals surface area contributed by atoms with Gasteiger partial charge in [-0.25, -0.2) is 0 Å². The van der Waals surface area contributed by atoms with E-state index < -0.39 is 0 Å². The maximum Gasteiger partial charge on any atom is 0.0826 e. The SMILES string of the molecule is CCOC1CC(NCC2CN(C)CCO2)C1. The molecule has 1 N–H and O–H groups in total. The lowest BCUT2D eigenvalue weighted by Crippen LogP contribution is -2.51. The topological polar surface area (TPSA) is 33.7 Å². The molecule has 0 bridgehead atoms. The summed E-state index contributed by atoms with van der Waals surface area (Å²) in [6.07, 6.45) is 3.19. The molecule has 1 aliphatic heterocycles. The van der Waals surface area contributed by atoms with Crippen molar-refractivity contribution in [3.8, 4) is 0 Å². The highest BCUT2D eigenvalue weighted by Crippen LogP contribution is 2.23. The molecule has 94 valence electrons. The van der Waals surface area contributed by atoms with Gasteiger partial charge in [0.1, 0.15) is 0 Å². The number of ether oxygens (including phenoxy) is 2. The Labute approximate surface area is 98.3 Å². The van der Waals surface area contributed by atoms with E-state index in [9.17, 15) is 0 Å². The van der Waals surface area contributed by atoms with E-state index in [4.69, 9.17) is 9.47 Å². The highest BCUT2D eigenvalue weighted by molar-refractivity contribution is 4.87. The van der Waals surface area contributed by atoms with Crippen molar-refractivity contribution >= 4 is 0 Å². The maximum atomic E-state index is 5.71. The molecule has 0 spiro atoms. The van der Waals surface area contributed by atoms with Crippen molar-refractivity contribution in [2.24, 2.45) is 0 Å². The van der Waals surface area contributed by atoms with Gasteiger partial charge in [0.2, 0.25) is 0 Å². The summed E-state index contributed by atoms with van der Waals surface area (Å²) < 4.78 is 11.2. The van der Waals surface area contributed by atoms with Crippen molar-refractivity contribution in [1.82, 2.24) is 10.2 Å². The fraction of sp³-hybridized carbons (Fsp3) is 1.00. The number of nitrogens with zero attached hydrogens (tertiary/aromatic N) is 1. The van der Waals surface area contributed by atoms with Gasteiger partial charge >= 0.3 is 0 Å². The molecule has 2 fully saturated rings. The minimum absolute atomic E-state index is 0.366. The standard InChI is InChI=1S/C12H24N2O2/c1-3-15-11-6-10(7-11)13-8-12-9-14(2)4-5-16-12/h10-13H,3-9H2,1-2H3. The summed E-state index contributed by atoms with van der Waals surface area (Å²) in [7, 11) is 2.16. The normalized spacial score (nSPS) is 36.0. The zero-order valence-corrected chi connectivity index (χ0v) is 10.4. The number of nitrogens with one attached hydrogen (secondary N) is 1. The number of hydrogen-bond donors (Lipinski definition) is 1. The molecule has 0 amide bonds. The van der Waals surface area contributed by atoms with Crippen LogP contribution >= 0.6 is 0 Å². The minimum Gasteiger partial charge on any atom is -0.378 e. The van der Waals surface area contributed by atoms with E-state index in [1.54, 1.807) is 0 Å². The van der Waals surface area contributed by atoms with Crippen LogP contribution in [0.2, 0.25) is 0 Å². The van der Waals surface area contributed by atoms with E-state index in [1.807, 2.05) is 0 Å². The summed E-state index contributed by atoms with van der Waals surface area (Å²) in [4.78, 5) is 2.33. The zero-order valence-electron chi connectivity index (χ0n) is 10.4. The van der Waals surface area contributed by atoms with Crippen LogP contribution in [0.15, 0.2) is 0 Å². The van der Waals surface area contributed by atoms with E-state index in [2.05, 4.69) is 24.2 Å². The second kappa shape index (κ2) is 5.96. The summed E-state index contributed by atoms with van der Waals surface area (Å²) in [5.41, 5.74) is 0. The Hall–Kier alpha value is -0.160. The highest BCUT2D eigenvalue weighted by Gasteiger charge is 2.30. The second-order valence-electron chi connectivity index (χ2n) is 4.91. The van der Waals surface area contributed by atoms with Crippen LogP contribution in [0.3, 0.4) is 0 Å². The Balaban J connectivity index is 1.55. The van der Waals surface area contributed by atoms with Crippen LogP contribution in [0.1, 0.15) is 19.8 Å². The van der Waals surface area contributed by atoms with Crippen molar-refractivity contribution in [2.45, 2.75) is 38.0 Å². The first-order chi connectivity index (χ1) is 7.78. The van der Waals surface area contributed by atoms with Crippen molar-refractivity contribution < 1.29 is 9.47 Å². The molecule has 4 nitrogen and oxygen atoms in total. The molecule has 1 heterocycles. The largest absolute Gasteiger partial charge is 0.378 e. The van der Waals surface area contributed by atoms with Gasteiger partial charge in [0.05, 0.1) is 18.8 Å². The fourth-order valence-corrected chi connectivity index (χ4v) is 2.39. The van der Waals surface area contributed by atoms with Gasteiger partial charge in [-0.15, -0.1) is 0 Å². The van der Waals surface area contributed by atoms with Gasteiger partial charge in [-0.3, -0.25) is 0 Å². The molecule has 0 radical (unpaired) electrons. The van der Waals surface area contributed by atoms with Gasteiger partial charge in [-0.2, -0.15) is 0 Å². The van der Waals surface area contributed by atoms with Gasteiger partial charge < -0.3 is 19.7 Å². The lowest BCUT2D eigenvalue weighted by Gasteiger charge is -2.37. The van der Waals surface area contributed by atoms with E-state index in [0.29, 0.717) is 18.2 Å². The number of likely N-dealkylation sites (N-methyl/N-ethyl adjacent to an activating group) is 1. The lowest BCUT2D eigenvalue weighted by molar-refractivity contribution is -0.0342. The smallest absolute Gasteiger partial charge is 0.0826 e. The van der Waals surface area contributed by atoms with E-state index >= 15 is 0 Å². The Morgan fingerprint density at radius 1 is 1.44 bits per heavy atom. The first-order valence-corrected chi connectivity index (χ1v) is 6.43. The van der Waals surface area contributed by atoms with Crippen molar-refractivity contribution in [1.29, 1.82) is 0 Å². The summed E-state index contributed by atoms with van der Waals surface area (Å²) in [6, 6.07) is 0.646. The average molecular weight is 228 g/mol. The number of hydrogen-bond acceptors (Lipinski definition) is 4. The molecule has 16 heavy (non-hydrogen) atoms. The van der Waals surface area contributed by atoms with Crippen LogP contribution in [0.25, 0.3) is 0 Å². The molecule has 2 rings (SSSR count). The Kier molecular flexibility index (Phi) is 4.58. The van der Waals surface area contributed by atoms with E-state index in [0.717, 1.165) is 45.7 Å². The van der Waals surface area contributed by atoms with Gasteiger partial charge in [0.15, 0.2) is 0 Å². The molecule has 0 aromatic rings.